The molecule has 1 N–H and O–H groups in total. The van der Waals surface area contributed by atoms with Crippen molar-refractivity contribution in [2.24, 2.45) is 0 Å². The van der Waals surface area contributed by atoms with E-state index in [-0.39, 0.29) is 11.7 Å². The van der Waals surface area contributed by atoms with Gasteiger partial charge in [0.2, 0.25) is 5.76 Å². The molecule has 0 aliphatic carbocycles. The number of hydrogen-bond acceptors (Lipinski definition) is 4. The molecule has 0 aliphatic rings. The van der Waals surface area contributed by atoms with Gasteiger partial charge < -0.3 is 14.4 Å². The Hall–Kier alpha value is -2.89. The number of benzene rings is 1. The highest BCUT2D eigenvalue weighted by Gasteiger charge is 2.10. The van der Waals surface area contributed by atoms with Crippen molar-refractivity contribution in [1.29, 1.82) is 0 Å². The summed E-state index contributed by atoms with van der Waals surface area (Å²) in [6.07, 6.45) is 5.47. The second kappa shape index (κ2) is 6.26. The fraction of sp³-hybridized carbons (Fsp3) is 0.188. The first-order chi connectivity index (χ1) is 10.7. The third kappa shape index (κ3) is 3.41. The molecule has 0 radical (unpaired) electrons. The van der Waals surface area contributed by atoms with Gasteiger partial charge in [0.15, 0.2) is 0 Å². The molecule has 112 valence electrons. The fourth-order valence-corrected chi connectivity index (χ4v) is 2.09. The Morgan fingerprint density at radius 3 is 2.68 bits per heavy atom. The van der Waals surface area contributed by atoms with Gasteiger partial charge in [0.05, 0.1) is 12.0 Å². The van der Waals surface area contributed by atoms with E-state index in [0.29, 0.717) is 12.2 Å². The Labute approximate surface area is 127 Å². The average molecular weight is 296 g/mol. The SMILES string of the molecule is Cc1cc(C(=O)NCc2ccc(Cn3ccnc3)cc2)on1. The first-order valence-electron chi connectivity index (χ1n) is 6.96. The van der Waals surface area contributed by atoms with E-state index < -0.39 is 0 Å². The van der Waals surface area contributed by atoms with Crippen molar-refractivity contribution < 1.29 is 9.32 Å². The van der Waals surface area contributed by atoms with Gasteiger partial charge in [-0.25, -0.2) is 4.98 Å². The van der Waals surface area contributed by atoms with Gasteiger partial charge in [-0.1, -0.05) is 29.4 Å². The van der Waals surface area contributed by atoms with Crippen molar-refractivity contribution in [3.63, 3.8) is 0 Å². The molecule has 0 spiro atoms. The summed E-state index contributed by atoms with van der Waals surface area (Å²) in [5, 5.41) is 6.50. The molecule has 6 heteroatoms. The highest BCUT2D eigenvalue weighted by molar-refractivity contribution is 5.91. The molecule has 6 nitrogen and oxygen atoms in total. The molecule has 2 aromatic heterocycles. The van der Waals surface area contributed by atoms with Crippen molar-refractivity contribution >= 4 is 5.91 Å². The summed E-state index contributed by atoms with van der Waals surface area (Å²) in [6.45, 7) is 3.01. The van der Waals surface area contributed by atoms with Gasteiger partial charge in [-0.3, -0.25) is 4.79 Å². The van der Waals surface area contributed by atoms with E-state index in [4.69, 9.17) is 4.52 Å². The molecule has 3 aromatic rings. The number of amides is 1. The number of carbonyl (C=O) groups excluding carboxylic acids is 1. The summed E-state index contributed by atoms with van der Waals surface area (Å²) in [4.78, 5) is 15.9. The lowest BCUT2D eigenvalue weighted by molar-refractivity contribution is 0.0914. The maximum Gasteiger partial charge on any atom is 0.290 e. The van der Waals surface area contributed by atoms with Crippen LogP contribution in [0.4, 0.5) is 0 Å². The second-order valence-corrected chi connectivity index (χ2v) is 5.07. The van der Waals surface area contributed by atoms with Crippen LogP contribution in [0.25, 0.3) is 0 Å². The first kappa shape index (κ1) is 14.1. The van der Waals surface area contributed by atoms with Gasteiger partial charge in [0.1, 0.15) is 0 Å². The van der Waals surface area contributed by atoms with E-state index >= 15 is 0 Å². The van der Waals surface area contributed by atoms with Crippen molar-refractivity contribution in [1.82, 2.24) is 20.0 Å². The smallest absolute Gasteiger partial charge is 0.290 e. The number of rotatable bonds is 5. The zero-order valence-corrected chi connectivity index (χ0v) is 12.2. The van der Waals surface area contributed by atoms with Gasteiger partial charge in [-0.05, 0) is 18.1 Å². The fourth-order valence-electron chi connectivity index (χ4n) is 2.09. The molecule has 0 bridgehead atoms. The van der Waals surface area contributed by atoms with Gasteiger partial charge in [-0.2, -0.15) is 0 Å². The van der Waals surface area contributed by atoms with E-state index in [2.05, 4.69) is 15.5 Å². The maximum absolute atomic E-state index is 11.9. The third-order valence-corrected chi connectivity index (χ3v) is 3.25. The summed E-state index contributed by atoms with van der Waals surface area (Å²) in [5.41, 5.74) is 2.90. The van der Waals surface area contributed by atoms with Crippen molar-refractivity contribution in [2.75, 3.05) is 0 Å². The molecule has 0 aliphatic heterocycles. The minimum absolute atomic E-state index is 0.231. The Morgan fingerprint density at radius 2 is 2.05 bits per heavy atom. The summed E-state index contributed by atoms with van der Waals surface area (Å²) in [6, 6.07) is 9.69. The summed E-state index contributed by atoms with van der Waals surface area (Å²) >= 11 is 0. The maximum atomic E-state index is 11.9. The molecular weight excluding hydrogens is 280 g/mol. The quantitative estimate of drug-likeness (QED) is 0.783. The Bertz CT molecular complexity index is 745. The Morgan fingerprint density at radius 1 is 1.27 bits per heavy atom. The van der Waals surface area contributed by atoms with Crippen LogP contribution in [0.2, 0.25) is 0 Å². The normalized spacial score (nSPS) is 10.6. The van der Waals surface area contributed by atoms with E-state index in [1.807, 2.05) is 35.0 Å². The molecule has 1 amide bonds. The van der Waals surface area contributed by atoms with Gasteiger partial charge in [-0.15, -0.1) is 0 Å². The molecule has 2 heterocycles. The zero-order valence-electron chi connectivity index (χ0n) is 12.2. The number of hydrogen-bond donors (Lipinski definition) is 1. The number of aryl methyl sites for hydroxylation is 1. The lowest BCUT2D eigenvalue weighted by Crippen LogP contribution is -2.22. The molecule has 0 unspecified atom stereocenters. The number of aromatic nitrogens is 3. The monoisotopic (exact) mass is 296 g/mol. The van der Waals surface area contributed by atoms with Crippen LogP contribution in [0.5, 0.6) is 0 Å². The molecule has 0 saturated heterocycles. The third-order valence-electron chi connectivity index (χ3n) is 3.25. The van der Waals surface area contributed by atoms with E-state index in [1.54, 1.807) is 25.5 Å². The topological polar surface area (TPSA) is 73.0 Å². The van der Waals surface area contributed by atoms with Crippen molar-refractivity contribution in [2.45, 2.75) is 20.0 Å². The molecule has 3 rings (SSSR count). The minimum atomic E-state index is -0.261. The van der Waals surface area contributed by atoms with Crippen LogP contribution in [0.1, 0.15) is 27.4 Å². The lowest BCUT2D eigenvalue weighted by atomic mass is 10.1. The molecule has 1 aromatic carbocycles. The molecule has 0 fully saturated rings. The zero-order chi connectivity index (χ0) is 15.4. The largest absolute Gasteiger partial charge is 0.351 e. The summed E-state index contributed by atoms with van der Waals surface area (Å²) < 4.78 is 6.92. The van der Waals surface area contributed by atoms with Gasteiger partial charge in [0.25, 0.3) is 5.91 Å². The molecule has 0 atom stereocenters. The average Bonchev–Trinajstić information content (AvgIpc) is 3.18. The number of imidazole rings is 1. The second-order valence-electron chi connectivity index (χ2n) is 5.07. The van der Waals surface area contributed by atoms with E-state index in [0.717, 1.165) is 12.1 Å². The highest BCUT2D eigenvalue weighted by Crippen LogP contribution is 2.07. The van der Waals surface area contributed by atoms with Crippen molar-refractivity contribution in [3.05, 3.63) is 71.6 Å². The Balaban J connectivity index is 1.56. The predicted octanol–water partition coefficient (Wildman–Crippen LogP) is 2.16. The van der Waals surface area contributed by atoms with Crippen LogP contribution in [0, 0.1) is 6.92 Å². The van der Waals surface area contributed by atoms with Gasteiger partial charge >= 0.3 is 0 Å². The van der Waals surface area contributed by atoms with Crippen LogP contribution in [0.15, 0.2) is 53.6 Å². The standard InChI is InChI=1S/C16H16N4O2/c1-12-8-15(22-19-12)16(21)18-9-13-2-4-14(5-3-13)10-20-7-6-17-11-20/h2-8,11H,9-10H2,1H3,(H,18,21). The molecule has 0 saturated carbocycles. The first-order valence-corrected chi connectivity index (χ1v) is 6.96. The number of nitrogens with one attached hydrogen (secondary N) is 1. The number of carbonyl (C=O) groups is 1. The van der Waals surface area contributed by atoms with Gasteiger partial charge in [0, 0.05) is 31.5 Å². The van der Waals surface area contributed by atoms with Crippen LogP contribution >= 0.6 is 0 Å². The summed E-state index contributed by atoms with van der Waals surface area (Å²) in [5.74, 6) is -0.0303. The number of nitrogens with zero attached hydrogens (tertiary/aromatic N) is 3. The lowest BCUT2D eigenvalue weighted by Gasteiger charge is -2.06. The minimum Gasteiger partial charge on any atom is -0.351 e. The van der Waals surface area contributed by atoms with Crippen LogP contribution in [-0.2, 0) is 13.1 Å². The molecule has 22 heavy (non-hydrogen) atoms. The van der Waals surface area contributed by atoms with E-state index in [9.17, 15) is 4.79 Å². The highest BCUT2D eigenvalue weighted by atomic mass is 16.5. The van der Waals surface area contributed by atoms with E-state index in [1.165, 1.54) is 5.56 Å². The van der Waals surface area contributed by atoms with Crippen LogP contribution in [-0.4, -0.2) is 20.6 Å². The molecular formula is C16H16N4O2. The summed E-state index contributed by atoms with van der Waals surface area (Å²) in [7, 11) is 0. The van der Waals surface area contributed by atoms with Crippen LogP contribution in [0.3, 0.4) is 0 Å². The predicted molar refractivity (Wildman–Crippen MR) is 80.2 cm³/mol. The Kier molecular flexibility index (Phi) is 4.00. The van der Waals surface area contributed by atoms with Crippen molar-refractivity contribution in [3.8, 4) is 0 Å². The van der Waals surface area contributed by atoms with Crippen LogP contribution < -0.4 is 5.32 Å².